The average molecular weight is 346 g/mol. The normalized spacial score (nSPS) is 20.4. The summed E-state index contributed by atoms with van der Waals surface area (Å²) in [6.45, 7) is 2.88. The number of hydrogen-bond acceptors (Lipinski definition) is 3. The van der Waals surface area contributed by atoms with E-state index in [4.69, 9.17) is 5.73 Å². The van der Waals surface area contributed by atoms with Gasteiger partial charge in [-0.3, -0.25) is 9.69 Å². The van der Waals surface area contributed by atoms with Crippen molar-refractivity contribution in [2.24, 2.45) is 5.73 Å². The number of nitrogens with zero attached hydrogens (tertiary/aromatic N) is 1. The van der Waals surface area contributed by atoms with Crippen LogP contribution in [0.1, 0.15) is 37.3 Å². The number of halogens is 2. The molecule has 6 heteroatoms. The highest BCUT2D eigenvalue weighted by Crippen LogP contribution is 2.32. The molecule has 1 saturated heterocycles. The zero-order valence-electron chi connectivity index (χ0n) is 12.7. The minimum absolute atomic E-state index is 0. The molecule has 0 spiro atoms. The number of rotatable bonds is 5. The van der Waals surface area contributed by atoms with E-state index in [1.165, 1.54) is 18.4 Å². The molecule has 1 amide bonds. The number of amides is 1. The van der Waals surface area contributed by atoms with Crippen molar-refractivity contribution >= 4 is 30.7 Å². The maximum atomic E-state index is 12.0. The molecule has 2 fully saturated rings. The quantitative estimate of drug-likeness (QED) is 0.860. The van der Waals surface area contributed by atoms with Crippen LogP contribution >= 0.6 is 24.8 Å². The summed E-state index contributed by atoms with van der Waals surface area (Å²) in [7, 11) is 0. The molecule has 1 heterocycles. The lowest BCUT2D eigenvalue weighted by molar-refractivity contribution is -0.123. The molecular weight excluding hydrogens is 321 g/mol. The zero-order valence-corrected chi connectivity index (χ0v) is 14.3. The summed E-state index contributed by atoms with van der Waals surface area (Å²) < 4.78 is 0. The molecule has 0 aromatic heterocycles. The number of nitrogens with one attached hydrogen (secondary N) is 1. The van der Waals surface area contributed by atoms with Crippen LogP contribution in [-0.4, -0.2) is 36.0 Å². The largest absolute Gasteiger partial charge is 0.353 e. The Morgan fingerprint density at radius 1 is 1.18 bits per heavy atom. The second-order valence-corrected chi connectivity index (χ2v) is 6.04. The van der Waals surface area contributed by atoms with Gasteiger partial charge in [-0.15, -0.1) is 24.8 Å². The van der Waals surface area contributed by atoms with E-state index < -0.39 is 5.54 Å². The first-order chi connectivity index (χ1) is 9.69. The Hall–Kier alpha value is -0.810. The second kappa shape index (κ2) is 8.16. The molecule has 3 N–H and O–H groups in total. The molecule has 1 aromatic rings. The van der Waals surface area contributed by atoms with Gasteiger partial charge in [-0.2, -0.15) is 0 Å². The standard InChI is InChI=1S/C16H23N3O.2ClH/c17-16(8-9-16)15(20)18-12-14(19-10-4-5-11-19)13-6-2-1-3-7-13;;/h1-3,6-7,14H,4-5,8-12,17H2,(H,18,20);2*1H. The Labute approximate surface area is 144 Å². The second-order valence-electron chi connectivity index (χ2n) is 6.04. The number of likely N-dealkylation sites (tertiary alicyclic amines) is 1. The van der Waals surface area contributed by atoms with E-state index in [9.17, 15) is 4.79 Å². The number of carbonyl (C=O) groups excluding carboxylic acids is 1. The Balaban J connectivity index is 0.00000121. The molecule has 1 aromatic carbocycles. The molecule has 1 atom stereocenters. The molecule has 1 unspecified atom stereocenters. The van der Waals surface area contributed by atoms with E-state index in [0.717, 1.165) is 25.9 Å². The van der Waals surface area contributed by atoms with E-state index in [1.54, 1.807) is 0 Å². The summed E-state index contributed by atoms with van der Waals surface area (Å²) in [5.41, 5.74) is 6.64. The lowest BCUT2D eigenvalue weighted by Crippen LogP contribution is -2.46. The van der Waals surface area contributed by atoms with Crippen molar-refractivity contribution in [3.8, 4) is 0 Å². The van der Waals surface area contributed by atoms with Crippen LogP contribution in [-0.2, 0) is 4.79 Å². The van der Waals surface area contributed by atoms with Crippen LogP contribution in [0.3, 0.4) is 0 Å². The van der Waals surface area contributed by atoms with Crippen LogP contribution in [0.25, 0.3) is 0 Å². The van der Waals surface area contributed by atoms with Crippen molar-refractivity contribution in [3.05, 3.63) is 35.9 Å². The predicted octanol–water partition coefficient (Wildman–Crippen LogP) is 2.27. The van der Waals surface area contributed by atoms with Gasteiger partial charge in [-0.05, 0) is 44.3 Å². The lowest BCUT2D eigenvalue weighted by atomic mass is 10.1. The first-order valence-corrected chi connectivity index (χ1v) is 7.55. The molecule has 0 radical (unpaired) electrons. The molecule has 2 aliphatic rings. The van der Waals surface area contributed by atoms with Crippen molar-refractivity contribution in [2.45, 2.75) is 37.3 Å². The first-order valence-electron chi connectivity index (χ1n) is 7.55. The molecule has 1 saturated carbocycles. The van der Waals surface area contributed by atoms with Gasteiger partial charge in [-0.25, -0.2) is 0 Å². The van der Waals surface area contributed by atoms with Crippen molar-refractivity contribution in [3.63, 3.8) is 0 Å². The number of carbonyl (C=O) groups is 1. The van der Waals surface area contributed by atoms with Gasteiger partial charge in [0.25, 0.3) is 0 Å². The third-order valence-corrected chi connectivity index (χ3v) is 4.46. The van der Waals surface area contributed by atoms with E-state index in [1.807, 2.05) is 6.07 Å². The third-order valence-electron chi connectivity index (χ3n) is 4.46. The van der Waals surface area contributed by atoms with Gasteiger partial charge < -0.3 is 11.1 Å². The van der Waals surface area contributed by atoms with Crippen LogP contribution in [0.15, 0.2) is 30.3 Å². The smallest absolute Gasteiger partial charge is 0.240 e. The minimum Gasteiger partial charge on any atom is -0.353 e. The van der Waals surface area contributed by atoms with E-state index >= 15 is 0 Å². The number of nitrogens with two attached hydrogens (primary N) is 1. The van der Waals surface area contributed by atoms with Crippen LogP contribution in [0.4, 0.5) is 0 Å². The maximum absolute atomic E-state index is 12.0. The Morgan fingerprint density at radius 2 is 1.77 bits per heavy atom. The summed E-state index contributed by atoms with van der Waals surface area (Å²) in [5.74, 6) is 0.0117. The Morgan fingerprint density at radius 3 is 2.32 bits per heavy atom. The lowest BCUT2D eigenvalue weighted by Gasteiger charge is -2.28. The summed E-state index contributed by atoms with van der Waals surface area (Å²) >= 11 is 0. The van der Waals surface area contributed by atoms with Gasteiger partial charge in [0.2, 0.25) is 5.91 Å². The summed E-state index contributed by atoms with van der Waals surface area (Å²) in [4.78, 5) is 14.5. The fraction of sp³-hybridized carbons (Fsp3) is 0.562. The topological polar surface area (TPSA) is 58.4 Å². The van der Waals surface area contributed by atoms with Crippen LogP contribution in [0.5, 0.6) is 0 Å². The van der Waals surface area contributed by atoms with E-state index in [0.29, 0.717) is 6.54 Å². The summed E-state index contributed by atoms with van der Waals surface area (Å²) in [5, 5.41) is 3.05. The Kier molecular flexibility index (Phi) is 7.13. The highest BCUT2D eigenvalue weighted by Gasteiger charge is 2.46. The molecule has 124 valence electrons. The van der Waals surface area contributed by atoms with Crippen LogP contribution < -0.4 is 11.1 Å². The SMILES string of the molecule is Cl.Cl.NC1(C(=O)NCC(c2ccccc2)N2CCCC2)CC1. The van der Waals surface area contributed by atoms with Gasteiger partial charge in [0.05, 0.1) is 11.6 Å². The molecular formula is C16H25Cl2N3O. The summed E-state index contributed by atoms with van der Waals surface area (Å²) in [6, 6.07) is 10.7. The van der Waals surface area contributed by atoms with Gasteiger partial charge in [0.1, 0.15) is 0 Å². The van der Waals surface area contributed by atoms with Gasteiger partial charge >= 0.3 is 0 Å². The van der Waals surface area contributed by atoms with E-state index in [-0.39, 0.29) is 36.8 Å². The van der Waals surface area contributed by atoms with Crippen LogP contribution in [0.2, 0.25) is 0 Å². The average Bonchev–Trinajstić information content (AvgIpc) is 3.02. The molecule has 3 rings (SSSR count). The highest BCUT2D eigenvalue weighted by atomic mass is 35.5. The third kappa shape index (κ3) is 4.35. The summed E-state index contributed by atoms with van der Waals surface area (Å²) in [6.07, 6.45) is 4.13. The predicted molar refractivity (Wildman–Crippen MR) is 93.6 cm³/mol. The van der Waals surface area contributed by atoms with Gasteiger partial charge in [0, 0.05) is 6.54 Å². The van der Waals surface area contributed by atoms with E-state index in [2.05, 4.69) is 34.5 Å². The maximum Gasteiger partial charge on any atom is 0.240 e. The Bertz CT molecular complexity index is 474. The molecule has 4 nitrogen and oxygen atoms in total. The first kappa shape index (κ1) is 19.2. The fourth-order valence-corrected chi connectivity index (χ4v) is 2.91. The monoisotopic (exact) mass is 345 g/mol. The molecule has 1 aliphatic heterocycles. The van der Waals surface area contributed by atoms with Gasteiger partial charge in [0.15, 0.2) is 0 Å². The molecule has 1 aliphatic carbocycles. The minimum atomic E-state index is -0.577. The van der Waals surface area contributed by atoms with Crippen molar-refractivity contribution in [1.29, 1.82) is 0 Å². The van der Waals surface area contributed by atoms with Crippen molar-refractivity contribution in [2.75, 3.05) is 19.6 Å². The number of hydrogen-bond donors (Lipinski definition) is 2. The highest BCUT2D eigenvalue weighted by molar-refractivity contribution is 5.89. The zero-order chi connectivity index (χ0) is 14.0. The molecule has 22 heavy (non-hydrogen) atoms. The van der Waals surface area contributed by atoms with Crippen LogP contribution in [0, 0.1) is 0 Å². The van der Waals surface area contributed by atoms with Crippen molar-refractivity contribution in [1.82, 2.24) is 10.2 Å². The van der Waals surface area contributed by atoms with Gasteiger partial charge in [-0.1, -0.05) is 30.3 Å². The molecule has 0 bridgehead atoms. The fourth-order valence-electron chi connectivity index (χ4n) is 2.91. The number of benzene rings is 1. The van der Waals surface area contributed by atoms with Crippen molar-refractivity contribution < 1.29 is 4.79 Å².